The summed E-state index contributed by atoms with van der Waals surface area (Å²) < 4.78 is 0. The first kappa shape index (κ1) is 21.6. The third-order valence-electron chi connectivity index (χ3n) is 13.6. The minimum atomic E-state index is 0.595. The van der Waals surface area contributed by atoms with E-state index in [1.54, 1.807) is 25.7 Å². The van der Waals surface area contributed by atoms with Gasteiger partial charge in [0.1, 0.15) is 7.28 Å². The van der Waals surface area contributed by atoms with Crippen molar-refractivity contribution in [3.63, 3.8) is 0 Å². The molecule has 0 nitrogen and oxygen atoms in total. The molecule has 1 radical (unpaired) electrons. The van der Waals surface area contributed by atoms with E-state index in [1.807, 2.05) is 0 Å². The van der Waals surface area contributed by atoms with Gasteiger partial charge < -0.3 is 0 Å². The van der Waals surface area contributed by atoms with Crippen molar-refractivity contribution >= 4 is 7.28 Å². The Morgan fingerprint density at radius 1 is 0.581 bits per heavy atom. The van der Waals surface area contributed by atoms with Crippen molar-refractivity contribution < 1.29 is 0 Å². The highest BCUT2D eigenvalue weighted by molar-refractivity contribution is 6.35. The van der Waals surface area contributed by atoms with Crippen LogP contribution in [0.2, 0.25) is 12.6 Å². The van der Waals surface area contributed by atoms with Gasteiger partial charge in [-0.25, -0.2) is 0 Å². The Balaban J connectivity index is 1.18. The van der Waals surface area contributed by atoms with Crippen LogP contribution in [-0.4, -0.2) is 7.28 Å². The Bertz CT molecular complexity index is 662. The van der Waals surface area contributed by atoms with Crippen molar-refractivity contribution in [3.8, 4) is 0 Å². The highest BCUT2D eigenvalue weighted by Crippen LogP contribution is 2.73. The van der Waals surface area contributed by atoms with E-state index < -0.39 is 0 Å². The molecule has 0 N–H and O–H groups in total. The molecular formula is C30H50B. The Kier molecular flexibility index (Phi) is 4.74. The van der Waals surface area contributed by atoms with Crippen LogP contribution in [0.1, 0.15) is 106 Å². The number of hydrogen-bond acceptors (Lipinski definition) is 0. The second-order valence-electron chi connectivity index (χ2n) is 15.4. The van der Waals surface area contributed by atoms with Crippen LogP contribution < -0.4 is 0 Å². The average molecular weight is 422 g/mol. The van der Waals surface area contributed by atoms with E-state index in [0.717, 1.165) is 47.3 Å². The van der Waals surface area contributed by atoms with Crippen LogP contribution >= 0.6 is 0 Å². The quantitative estimate of drug-likeness (QED) is 0.399. The molecule has 0 aromatic carbocycles. The van der Waals surface area contributed by atoms with Crippen molar-refractivity contribution in [2.24, 2.45) is 69.0 Å². The monoisotopic (exact) mass is 421 g/mol. The molecule has 1 heteroatoms. The van der Waals surface area contributed by atoms with Gasteiger partial charge in [0.2, 0.25) is 0 Å². The van der Waals surface area contributed by atoms with Crippen LogP contribution in [0.3, 0.4) is 0 Å². The molecule has 0 unspecified atom stereocenters. The van der Waals surface area contributed by atoms with Gasteiger partial charge in [-0.15, -0.1) is 0 Å². The Hall–Kier alpha value is 0.0649. The molecule has 0 heterocycles. The molecule has 0 aromatic heterocycles. The lowest BCUT2D eigenvalue weighted by atomic mass is 9.50. The van der Waals surface area contributed by atoms with Gasteiger partial charge in [0.05, 0.1) is 0 Å². The fourth-order valence-corrected chi connectivity index (χ4v) is 12.5. The van der Waals surface area contributed by atoms with Crippen LogP contribution in [-0.2, 0) is 0 Å². The maximum absolute atomic E-state index is 2.88. The largest absolute Gasteiger partial charge is 0.110 e. The van der Waals surface area contributed by atoms with Gasteiger partial charge in [0, 0.05) is 0 Å². The predicted molar refractivity (Wildman–Crippen MR) is 133 cm³/mol. The molecule has 6 fully saturated rings. The van der Waals surface area contributed by atoms with Crippen LogP contribution in [0.5, 0.6) is 0 Å². The first-order chi connectivity index (χ1) is 14.6. The normalized spacial score (nSPS) is 55.8. The Morgan fingerprint density at radius 2 is 1.00 bits per heavy atom. The molecule has 6 aliphatic rings. The molecule has 31 heavy (non-hydrogen) atoms. The van der Waals surface area contributed by atoms with Gasteiger partial charge in [0.25, 0.3) is 0 Å². The minimum absolute atomic E-state index is 0.595. The molecule has 6 aliphatic carbocycles. The highest BCUT2D eigenvalue weighted by atomic mass is 14.7. The summed E-state index contributed by atoms with van der Waals surface area (Å²) in [5.74, 6) is 8.22. The highest BCUT2D eigenvalue weighted by Gasteiger charge is 2.66. The van der Waals surface area contributed by atoms with Crippen LogP contribution in [0.15, 0.2) is 0 Å². The molecule has 6 saturated carbocycles. The summed E-state index contributed by atoms with van der Waals surface area (Å²) in [6.45, 7) is 16.0. The van der Waals surface area contributed by atoms with Gasteiger partial charge in [0.15, 0.2) is 0 Å². The second-order valence-corrected chi connectivity index (χ2v) is 15.4. The Labute approximate surface area is 194 Å². The van der Waals surface area contributed by atoms with Crippen molar-refractivity contribution in [3.05, 3.63) is 0 Å². The number of rotatable bonds is 4. The first-order valence-electron chi connectivity index (χ1n) is 14.4. The second kappa shape index (κ2) is 6.81. The van der Waals surface area contributed by atoms with E-state index in [1.165, 1.54) is 51.2 Å². The molecule has 0 amide bonds. The molecule has 0 saturated heterocycles. The summed E-state index contributed by atoms with van der Waals surface area (Å²) in [6.07, 6.45) is 18.1. The van der Waals surface area contributed by atoms with Gasteiger partial charge in [-0.05, 0) is 120 Å². The maximum atomic E-state index is 2.88. The van der Waals surface area contributed by atoms with Crippen molar-refractivity contribution in [1.29, 1.82) is 0 Å². The van der Waals surface area contributed by atoms with E-state index in [4.69, 9.17) is 0 Å². The summed E-state index contributed by atoms with van der Waals surface area (Å²) in [7, 11) is 2.88. The van der Waals surface area contributed by atoms with Gasteiger partial charge >= 0.3 is 0 Å². The molecule has 0 aromatic rings. The zero-order valence-corrected chi connectivity index (χ0v) is 21.7. The lowest BCUT2D eigenvalue weighted by molar-refractivity contribution is 0.0939. The van der Waals surface area contributed by atoms with E-state index in [-0.39, 0.29) is 0 Å². The summed E-state index contributed by atoms with van der Waals surface area (Å²) in [5.41, 5.74) is 2.51. The Morgan fingerprint density at radius 3 is 1.42 bits per heavy atom. The third kappa shape index (κ3) is 2.79. The molecular weight excluding hydrogens is 371 g/mol. The first-order valence-corrected chi connectivity index (χ1v) is 14.4. The van der Waals surface area contributed by atoms with Crippen molar-refractivity contribution in [2.75, 3.05) is 0 Å². The summed E-state index contributed by atoms with van der Waals surface area (Å²) in [6, 6.07) is 0. The van der Waals surface area contributed by atoms with Crippen molar-refractivity contribution in [1.82, 2.24) is 0 Å². The average Bonchev–Trinajstić information content (AvgIpc) is 3.37. The molecule has 0 spiro atoms. The fraction of sp³-hybridized carbons (Fsp3) is 1.00. The lowest BCUT2D eigenvalue weighted by Gasteiger charge is -2.44. The molecule has 0 aliphatic heterocycles. The molecule has 6 rings (SSSR count). The predicted octanol–water partition coefficient (Wildman–Crippen LogP) is 8.50. The van der Waals surface area contributed by atoms with Gasteiger partial charge in [-0.2, -0.15) is 0 Å². The summed E-state index contributed by atoms with van der Waals surface area (Å²) in [5, 5.41) is 0. The van der Waals surface area contributed by atoms with E-state index in [0.29, 0.717) is 21.7 Å². The zero-order chi connectivity index (χ0) is 21.8. The van der Waals surface area contributed by atoms with Crippen LogP contribution in [0, 0.1) is 69.0 Å². The third-order valence-corrected chi connectivity index (χ3v) is 13.6. The standard InChI is InChI=1S/C30H50B/c1-27(2)13-7-15-29(5)21-11-9-19(25(21)27)23(29)17-31-18-24-20-10-12-22-26(20)28(3,4)14-8-16-30(22,24)6/h19-26H,7-18H2,1-6H3/t19-,20-,21+,22+,23-,24-,25+,26+,29-,30-/m1/s1. The minimum Gasteiger partial charge on any atom is -0.0767 e. The molecule has 8 bridgehead atoms. The smallest absolute Gasteiger partial charge is 0.0767 e. The SMILES string of the molecule is CC1(C)CCC[C@@]2(C)[C@H](C[B]C[C@@H]3[C@H]4CC[C@H]5[C@H]4C(C)(C)CCC[C@@]35C)[C@H]3CC[C@H]2[C@H]31. The number of hydrogen-bond donors (Lipinski definition) is 0. The van der Waals surface area contributed by atoms with Gasteiger partial charge in [-0.3, -0.25) is 0 Å². The topological polar surface area (TPSA) is 0 Å². The van der Waals surface area contributed by atoms with Crippen LogP contribution in [0.4, 0.5) is 0 Å². The van der Waals surface area contributed by atoms with Gasteiger partial charge in [-0.1, -0.05) is 67.0 Å². The summed E-state index contributed by atoms with van der Waals surface area (Å²) in [4.78, 5) is 0. The molecule has 10 atom stereocenters. The lowest BCUT2D eigenvalue weighted by Crippen LogP contribution is -2.36. The maximum Gasteiger partial charge on any atom is 0.110 e. The van der Waals surface area contributed by atoms with E-state index in [2.05, 4.69) is 48.8 Å². The summed E-state index contributed by atoms with van der Waals surface area (Å²) >= 11 is 0. The molecule has 173 valence electrons. The van der Waals surface area contributed by atoms with Crippen molar-refractivity contribution in [2.45, 2.75) is 118 Å². The fourth-order valence-electron chi connectivity index (χ4n) is 12.5. The van der Waals surface area contributed by atoms with E-state index >= 15 is 0 Å². The van der Waals surface area contributed by atoms with E-state index in [9.17, 15) is 0 Å². The zero-order valence-electron chi connectivity index (χ0n) is 21.7. The van der Waals surface area contributed by atoms with Crippen LogP contribution in [0.25, 0.3) is 0 Å².